The van der Waals surface area contributed by atoms with E-state index >= 15 is 0 Å². The Morgan fingerprint density at radius 2 is 2.12 bits per heavy atom. The Morgan fingerprint density at radius 1 is 1.35 bits per heavy atom. The first-order chi connectivity index (χ1) is 8.16. The van der Waals surface area contributed by atoms with Gasteiger partial charge in [-0.2, -0.15) is 0 Å². The first-order valence-corrected chi connectivity index (χ1v) is 6.23. The topological polar surface area (TPSA) is 38.5 Å². The number of aryl methyl sites for hydroxylation is 1. The molecule has 1 fully saturated rings. The fraction of sp³-hybridized carbons (Fsp3) is 0.571. The van der Waals surface area contributed by atoms with Crippen molar-refractivity contribution in [1.82, 2.24) is 4.90 Å². The van der Waals surface area contributed by atoms with Crippen LogP contribution in [-0.4, -0.2) is 37.7 Å². The SMILES string of the molecule is Cc1ccccc1CN(C)CC1COCC1N. The number of benzene rings is 1. The summed E-state index contributed by atoms with van der Waals surface area (Å²) in [5, 5.41) is 0. The first-order valence-electron chi connectivity index (χ1n) is 6.23. The molecule has 0 spiro atoms. The van der Waals surface area contributed by atoms with Gasteiger partial charge in [0.25, 0.3) is 0 Å². The first kappa shape index (κ1) is 12.6. The molecule has 1 aromatic carbocycles. The molecule has 2 N–H and O–H groups in total. The Kier molecular flexibility index (Phi) is 4.15. The minimum atomic E-state index is 0.203. The van der Waals surface area contributed by atoms with Crippen LogP contribution in [0.1, 0.15) is 11.1 Å². The van der Waals surface area contributed by atoms with Crippen LogP contribution in [0, 0.1) is 12.8 Å². The standard InChI is InChI=1S/C14H22N2O/c1-11-5-3-4-6-12(11)7-16(2)8-13-9-17-10-14(13)15/h3-6,13-14H,7-10,15H2,1-2H3. The van der Waals surface area contributed by atoms with Crippen molar-refractivity contribution in [2.24, 2.45) is 11.7 Å². The maximum absolute atomic E-state index is 6.00. The van der Waals surface area contributed by atoms with Gasteiger partial charge in [0.1, 0.15) is 0 Å². The number of ether oxygens (including phenoxy) is 1. The average Bonchev–Trinajstić information content (AvgIpc) is 2.68. The third-order valence-corrected chi connectivity index (χ3v) is 3.50. The van der Waals surface area contributed by atoms with Crippen molar-refractivity contribution in [3.05, 3.63) is 35.4 Å². The molecular formula is C14H22N2O. The van der Waals surface area contributed by atoms with E-state index in [1.54, 1.807) is 0 Å². The van der Waals surface area contributed by atoms with Gasteiger partial charge in [0, 0.05) is 25.0 Å². The predicted octanol–water partition coefficient (Wildman–Crippen LogP) is 1.40. The van der Waals surface area contributed by atoms with Crippen LogP contribution >= 0.6 is 0 Å². The molecule has 2 atom stereocenters. The van der Waals surface area contributed by atoms with Crippen LogP contribution in [0.2, 0.25) is 0 Å². The largest absolute Gasteiger partial charge is 0.379 e. The van der Waals surface area contributed by atoms with Gasteiger partial charge in [-0.3, -0.25) is 0 Å². The van der Waals surface area contributed by atoms with Gasteiger partial charge in [0.2, 0.25) is 0 Å². The van der Waals surface area contributed by atoms with E-state index in [1.165, 1.54) is 11.1 Å². The Balaban J connectivity index is 1.89. The van der Waals surface area contributed by atoms with Gasteiger partial charge in [-0.15, -0.1) is 0 Å². The predicted molar refractivity (Wildman–Crippen MR) is 69.8 cm³/mol. The Morgan fingerprint density at radius 3 is 2.76 bits per heavy atom. The molecule has 2 unspecified atom stereocenters. The quantitative estimate of drug-likeness (QED) is 0.856. The molecule has 0 radical (unpaired) electrons. The van der Waals surface area contributed by atoms with Crippen molar-refractivity contribution in [3.8, 4) is 0 Å². The molecular weight excluding hydrogens is 212 g/mol. The molecule has 3 nitrogen and oxygen atoms in total. The van der Waals surface area contributed by atoms with Gasteiger partial charge < -0.3 is 15.4 Å². The molecule has 2 rings (SSSR count). The highest BCUT2D eigenvalue weighted by Crippen LogP contribution is 2.15. The van der Waals surface area contributed by atoms with Crippen LogP contribution < -0.4 is 5.73 Å². The van der Waals surface area contributed by atoms with E-state index in [0.29, 0.717) is 12.5 Å². The van der Waals surface area contributed by atoms with Crippen molar-refractivity contribution in [2.75, 3.05) is 26.8 Å². The van der Waals surface area contributed by atoms with Gasteiger partial charge in [0.15, 0.2) is 0 Å². The third-order valence-electron chi connectivity index (χ3n) is 3.50. The maximum atomic E-state index is 6.00. The molecule has 1 saturated heterocycles. The normalized spacial score (nSPS) is 24.5. The lowest BCUT2D eigenvalue weighted by molar-refractivity contribution is 0.172. The molecule has 0 aliphatic carbocycles. The minimum Gasteiger partial charge on any atom is -0.379 e. The summed E-state index contributed by atoms with van der Waals surface area (Å²) in [6.07, 6.45) is 0. The van der Waals surface area contributed by atoms with Gasteiger partial charge >= 0.3 is 0 Å². The van der Waals surface area contributed by atoms with Crippen LogP contribution in [0.25, 0.3) is 0 Å². The number of hydrogen-bond acceptors (Lipinski definition) is 3. The Labute approximate surface area is 104 Å². The summed E-state index contributed by atoms with van der Waals surface area (Å²) in [6.45, 7) is 5.67. The van der Waals surface area contributed by atoms with Crippen LogP contribution in [0.3, 0.4) is 0 Å². The molecule has 0 aromatic heterocycles. The molecule has 94 valence electrons. The maximum Gasteiger partial charge on any atom is 0.0621 e. The smallest absolute Gasteiger partial charge is 0.0621 e. The Hall–Kier alpha value is -0.900. The lowest BCUT2D eigenvalue weighted by Gasteiger charge is -2.23. The zero-order chi connectivity index (χ0) is 12.3. The van der Waals surface area contributed by atoms with Crippen LogP contribution in [0.5, 0.6) is 0 Å². The lowest BCUT2D eigenvalue weighted by Crippen LogP contribution is -2.36. The second-order valence-corrected chi connectivity index (χ2v) is 5.08. The van der Waals surface area contributed by atoms with E-state index in [2.05, 4.69) is 43.1 Å². The highest BCUT2D eigenvalue weighted by atomic mass is 16.5. The van der Waals surface area contributed by atoms with E-state index in [9.17, 15) is 0 Å². The van der Waals surface area contributed by atoms with Crippen molar-refractivity contribution < 1.29 is 4.74 Å². The Bertz CT molecular complexity index is 367. The highest BCUT2D eigenvalue weighted by molar-refractivity contribution is 5.25. The molecule has 1 aliphatic heterocycles. The van der Waals surface area contributed by atoms with E-state index in [-0.39, 0.29) is 6.04 Å². The number of rotatable bonds is 4. The van der Waals surface area contributed by atoms with Gasteiger partial charge in [-0.1, -0.05) is 24.3 Å². The second-order valence-electron chi connectivity index (χ2n) is 5.08. The molecule has 1 heterocycles. The molecule has 1 aliphatic rings. The zero-order valence-electron chi connectivity index (χ0n) is 10.7. The summed E-state index contributed by atoms with van der Waals surface area (Å²) in [6, 6.07) is 8.74. The van der Waals surface area contributed by atoms with Crippen molar-refractivity contribution in [1.29, 1.82) is 0 Å². The molecule has 1 aromatic rings. The number of nitrogens with two attached hydrogens (primary N) is 1. The van der Waals surface area contributed by atoms with Gasteiger partial charge in [-0.05, 0) is 25.1 Å². The van der Waals surface area contributed by atoms with E-state index in [1.807, 2.05) is 0 Å². The molecule has 0 saturated carbocycles. The van der Waals surface area contributed by atoms with E-state index in [0.717, 1.165) is 19.7 Å². The number of hydrogen-bond donors (Lipinski definition) is 1. The summed E-state index contributed by atoms with van der Waals surface area (Å²) >= 11 is 0. The minimum absolute atomic E-state index is 0.203. The van der Waals surface area contributed by atoms with Crippen LogP contribution in [-0.2, 0) is 11.3 Å². The second kappa shape index (κ2) is 5.63. The fourth-order valence-corrected chi connectivity index (χ4v) is 2.35. The molecule has 0 bridgehead atoms. The summed E-state index contributed by atoms with van der Waals surface area (Å²) in [7, 11) is 2.15. The average molecular weight is 234 g/mol. The van der Waals surface area contributed by atoms with Crippen molar-refractivity contribution in [3.63, 3.8) is 0 Å². The monoisotopic (exact) mass is 234 g/mol. The van der Waals surface area contributed by atoms with Crippen molar-refractivity contribution in [2.45, 2.75) is 19.5 Å². The van der Waals surface area contributed by atoms with Gasteiger partial charge in [-0.25, -0.2) is 0 Å². The zero-order valence-corrected chi connectivity index (χ0v) is 10.7. The van der Waals surface area contributed by atoms with Gasteiger partial charge in [0.05, 0.1) is 13.2 Å². The summed E-state index contributed by atoms with van der Waals surface area (Å²) in [5.74, 6) is 0.476. The number of nitrogens with zero attached hydrogens (tertiary/aromatic N) is 1. The summed E-state index contributed by atoms with van der Waals surface area (Å²) < 4.78 is 5.39. The van der Waals surface area contributed by atoms with E-state index < -0.39 is 0 Å². The lowest BCUT2D eigenvalue weighted by atomic mass is 10.0. The van der Waals surface area contributed by atoms with Crippen LogP contribution in [0.4, 0.5) is 0 Å². The molecule has 3 heteroatoms. The molecule has 17 heavy (non-hydrogen) atoms. The fourth-order valence-electron chi connectivity index (χ4n) is 2.35. The third kappa shape index (κ3) is 3.28. The van der Waals surface area contributed by atoms with Crippen LogP contribution in [0.15, 0.2) is 24.3 Å². The summed E-state index contributed by atoms with van der Waals surface area (Å²) in [5.41, 5.74) is 8.74. The summed E-state index contributed by atoms with van der Waals surface area (Å²) in [4.78, 5) is 2.33. The van der Waals surface area contributed by atoms with E-state index in [4.69, 9.17) is 10.5 Å². The molecule has 0 amide bonds. The highest BCUT2D eigenvalue weighted by Gasteiger charge is 2.25. The van der Waals surface area contributed by atoms with Crippen molar-refractivity contribution >= 4 is 0 Å².